The molecule has 0 amide bonds. The highest BCUT2D eigenvalue weighted by Crippen LogP contribution is 2.36. The van der Waals surface area contributed by atoms with Crippen molar-refractivity contribution in [1.29, 1.82) is 0 Å². The summed E-state index contributed by atoms with van der Waals surface area (Å²) in [6, 6.07) is 10.1. The van der Waals surface area contributed by atoms with E-state index in [0.717, 1.165) is 24.1 Å². The van der Waals surface area contributed by atoms with Gasteiger partial charge in [-0.15, -0.1) is 12.4 Å². The maximum absolute atomic E-state index is 12.5. The fourth-order valence-electron chi connectivity index (χ4n) is 1.78. The van der Waals surface area contributed by atoms with Gasteiger partial charge >= 0.3 is 6.18 Å². The number of alkyl halides is 3. The summed E-state index contributed by atoms with van der Waals surface area (Å²) in [4.78, 5) is 0. The summed E-state index contributed by atoms with van der Waals surface area (Å²) in [6.07, 6.45) is -3.67. The number of hydrogen-bond donors (Lipinski definition) is 1. The van der Waals surface area contributed by atoms with Crippen LogP contribution in [0.3, 0.4) is 0 Å². The first-order valence-corrected chi connectivity index (χ1v) is 6.61. The van der Waals surface area contributed by atoms with Gasteiger partial charge in [0.1, 0.15) is 11.5 Å². The Kier molecular flexibility index (Phi) is 6.53. The lowest BCUT2D eigenvalue weighted by molar-refractivity contribution is -0.137. The van der Waals surface area contributed by atoms with Crippen molar-refractivity contribution in [3.63, 3.8) is 0 Å². The Hall–Kier alpha value is -1.43. The normalized spacial score (nSPS) is 11.0. The molecule has 0 saturated carbocycles. The van der Waals surface area contributed by atoms with Crippen LogP contribution in [-0.4, -0.2) is 6.54 Å². The molecule has 7 heteroatoms. The van der Waals surface area contributed by atoms with Gasteiger partial charge in [-0.05, 0) is 48.9 Å². The quantitative estimate of drug-likeness (QED) is 0.833. The Morgan fingerprint density at radius 2 is 1.68 bits per heavy atom. The van der Waals surface area contributed by atoms with Crippen LogP contribution in [0.15, 0.2) is 42.5 Å². The molecule has 2 N–H and O–H groups in total. The molecule has 2 aromatic carbocycles. The molecule has 0 aliphatic heterocycles. The van der Waals surface area contributed by atoms with E-state index >= 15 is 0 Å². The van der Waals surface area contributed by atoms with Crippen LogP contribution in [0.2, 0.25) is 5.02 Å². The third-order valence-corrected chi connectivity index (χ3v) is 3.14. The van der Waals surface area contributed by atoms with Gasteiger partial charge in [0.2, 0.25) is 0 Å². The summed E-state index contributed by atoms with van der Waals surface area (Å²) in [5.41, 5.74) is 5.70. The van der Waals surface area contributed by atoms with Crippen LogP contribution >= 0.6 is 24.0 Å². The lowest BCUT2D eigenvalue weighted by Crippen LogP contribution is -2.04. The van der Waals surface area contributed by atoms with Gasteiger partial charge in [0.25, 0.3) is 0 Å². The summed E-state index contributed by atoms with van der Waals surface area (Å²) < 4.78 is 43.1. The van der Waals surface area contributed by atoms with Crippen molar-refractivity contribution in [2.24, 2.45) is 5.73 Å². The van der Waals surface area contributed by atoms with Gasteiger partial charge in [-0.1, -0.05) is 23.7 Å². The highest BCUT2D eigenvalue weighted by molar-refractivity contribution is 6.32. The van der Waals surface area contributed by atoms with Crippen molar-refractivity contribution >= 4 is 24.0 Å². The van der Waals surface area contributed by atoms with Gasteiger partial charge in [-0.2, -0.15) is 13.2 Å². The van der Waals surface area contributed by atoms with E-state index in [4.69, 9.17) is 22.1 Å². The van der Waals surface area contributed by atoms with Crippen LogP contribution in [-0.2, 0) is 12.6 Å². The van der Waals surface area contributed by atoms with Gasteiger partial charge in [-0.3, -0.25) is 0 Å². The minimum Gasteiger partial charge on any atom is -0.456 e. The van der Waals surface area contributed by atoms with Crippen molar-refractivity contribution in [2.75, 3.05) is 6.54 Å². The fourth-order valence-corrected chi connectivity index (χ4v) is 2.00. The molecule has 0 spiro atoms. The minimum atomic E-state index is -4.42. The van der Waals surface area contributed by atoms with E-state index < -0.39 is 11.7 Å². The number of ether oxygens (including phenoxy) is 1. The second-order valence-corrected chi connectivity index (χ2v) is 4.83. The highest BCUT2D eigenvalue weighted by atomic mass is 35.5. The Morgan fingerprint density at radius 1 is 1.05 bits per heavy atom. The Bertz CT molecular complexity index is 615. The summed E-state index contributed by atoms with van der Waals surface area (Å²) in [5.74, 6) is 0.675. The zero-order chi connectivity index (χ0) is 15.5. The van der Waals surface area contributed by atoms with Crippen LogP contribution < -0.4 is 10.5 Å². The summed E-state index contributed by atoms with van der Waals surface area (Å²) in [5, 5.41) is -0.0872. The summed E-state index contributed by atoms with van der Waals surface area (Å²) in [7, 11) is 0. The lowest BCUT2D eigenvalue weighted by Gasteiger charge is -2.11. The van der Waals surface area contributed by atoms with Crippen LogP contribution in [0.25, 0.3) is 0 Å². The Morgan fingerprint density at radius 3 is 2.18 bits per heavy atom. The van der Waals surface area contributed by atoms with Crippen molar-refractivity contribution in [3.05, 3.63) is 58.6 Å². The smallest absolute Gasteiger partial charge is 0.416 e. The lowest BCUT2D eigenvalue weighted by atomic mass is 10.1. The van der Waals surface area contributed by atoms with Crippen LogP contribution in [0.5, 0.6) is 11.5 Å². The topological polar surface area (TPSA) is 35.2 Å². The standard InChI is InChI=1S/C15H13ClF3NO.ClH/c16-13-9-11(15(17,18)19)3-6-14(13)21-12-4-1-10(2-5-12)7-8-20;/h1-6,9H,7-8,20H2;1H. The molecule has 0 heterocycles. The van der Waals surface area contributed by atoms with Crippen molar-refractivity contribution in [1.82, 2.24) is 0 Å². The van der Waals surface area contributed by atoms with Crippen molar-refractivity contribution in [2.45, 2.75) is 12.6 Å². The third-order valence-electron chi connectivity index (χ3n) is 2.84. The predicted octanol–water partition coefficient (Wildman–Crippen LogP) is 5.07. The molecule has 2 rings (SSSR count). The SMILES string of the molecule is Cl.NCCc1ccc(Oc2ccc(C(F)(F)F)cc2Cl)cc1. The Balaban J connectivity index is 0.00000242. The molecule has 0 aliphatic rings. The fraction of sp³-hybridized carbons (Fsp3) is 0.200. The van der Waals surface area contributed by atoms with Gasteiger partial charge in [-0.25, -0.2) is 0 Å². The van der Waals surface area contributed by atoms with Crippen molar-refractivity contribution in [3.8, 4) is 11.5 Å². The molecule has 0 aliphatic carbocycles. The van der Waals surface area contributed by atoms with Gasteiger partial charge in [0.05, 0.1) is 10.6 Å². The van der Waals surface area contributed by atoms with E-state index in [-0.39, 0.29) is 23.2 Å². The van der Waals surface area contributed by atoms with Crippen LogP contribution in [0.1, 0.15) is 11.1 Å². The van der Waals surface area contributed by atoms with E-state index in [1.807, 2.05) is 12.1 Å². The highest BCUT2D eigenvalue weighted by Gasteiger charge is 2.31. The molecule has 2 nitrogen and oxygen atoms in total. The van der Waals surface area contributed by atoms with E-state index in [0.29, 0.717) is 12.3 Å². The maximum atomic E-state index is 12.5. The van der Waals surface area contributed by atoms with Crippen LogP contribution in [0, 0.1) is 0 Å². The maximum Gasteiger partial charge on any atom is 0.416 e. The second kappa shape index (κ2) is 7.72. The molecule has 0 fully saturated rings. The van der Waals surface area contributed by atoms with Gasteiger partial charge in [0.15, 0.2) is 0 Å². The molecular weight excluding hydrogens is 338 g/mol. The van der Waals surface area contributed by atoms with Crippen molar-refractivity contribution < 1.29 is 17.9 Å². The summed E-state index contributed by atoms with van der Waals surface area (Å²) >= 11 is 5.82. The first-order chi connectivity index (χ1) is 9.90. The Labute approximate surface area is 137 Å². The molecule has 0 saturated heterocycles. The van der Waals surface area contributed by atoms with Crippen LogP contribution in [0.4, 0.5) is 13.2 Å². The number of rotatable bonds is 4. The molecule has 120 valence electrons. The molecule has 0 radical (unpaired) electrons. The van der Waals surface area contributed by atoms with E-state index in [2.05, 4.69) is 0 Å². The molecule has 2 aromatic rings. The largest absolute Gasteiger partial charge is 0.456 e. The average molecular weight is 352 g/mol. The van der Waals surface area contributed by atoms with Gasteiger partial charge < -0.3 is 10.5 Å². The molecular formula is C15H14Cl2F3NO. The first-order valence-electron chi connectivity index (χ1n) is 6.24. The molecule has 0 bridgehead atoms. The van der Waals surface area contributed by atoms with E-state index in [9.17, 15) is 13.2 Å². The monoisotopic (exact) mass is 351 g/mol. The zero-order valence-electron chi connectivity index (χ0n) is 11.4. The van der Waals surface area contributed by atoms with Gasteiger partial charge in [0, 0.05) is 0 Å². The minimum absolute atomic E-state index is 0. The molecule has 0 unspecified atom stereocenters. The molecule has 22 heavy (non-hydrogen) atoms. The van der Waals surface area contributed by atoms with E-state index in [1.54, 1.807) is 12.1 Å². The first kappa shape index (κ1) is 18.6. The van der Waals surface area contributed by atoms with E-state index in [1.165, 1.54) is 6.07 Å². The number of halogens is 5. The summed E-state index contributed by atoms with van der Waals surface area (Å²) in [6.45, 7) is 0.547. The number of benzene rings is 2. The third kappa shape index (κ3) is 4.80. The average Bonchev–Trinajstić information content (AvgIpc) is 2.42. The zero-order valence-corrected chi connectivity index (χ0v) is 12.9. The second-order valence-electron chi connectivity index (χ2n) is 4.43. The number of hydrogen-bond acceptors (Lipinski definition) is 2. The molecule has 0 atom stereocenters. The molecule has 0 aromatic heterocycles. The number of nitrogens with two attached hydrogens (primary N) is 1. The predicted molar refractivity (Wildman–Crippen MR) is 83.0 cm³/mol.